The molecule has 0 aliphatic carbocycles. The van der Waals surface area contributed by atoms with Gasteiger partial charge in [0.2, 0.25) is 5.91 Å². The first-order chi connectivity index (χ1) is 8.18. The average Bonchev–Trinajstić information content (AvgIpc) is 2.80. The number of amides is 1. The van der Waals surface area contributed by atoms with Gasteiger partial charge in [-0.25, -0.2) is 0 Å². The van der Waals surface area contributed by atoms with Gasteiger partial charge in [-0.1, -0.05) is 0 Å². The van der Waals surface area contributed by atoms with Gasteiger partial charge in [0.1, 0.15) is 5.76 Å². The van der Waals surface area contributed by atoms with E-state index in [9.17, 15) is 4.79 Å². The van der Waals surface area contributed by atoms with E-state index < -0.39 is 0 Å². The molecule has 1 aliphatic heterocycles. The molecule has 1 aromatic rings. The van der Waals surface area contributed by atoms with Crippen LogP contribution in [0, 0.1) is 0 Å². The van der Waals surface area contributed by atoms with E-state index in [1.54, 1.807) is 18.0 Å². The highest BCUT2D eigenvalue weighted by molar-refractivity contribution is 7.99. The third-order valence-electron chi connectivity index (χ3n) is 3.05. The number of likely N-dealkylation sites (tertiary alicyclic amines) is 1. The van der Waals surface area contributed by atoms with Crippen molar-refractivity contribution in [3.63, 3.8) is 0 Å². The van der Waals surface area contributed by atoms with Crippen LogP contribution < -0.4 is 0 Å². The summed E-state index contributed by atoms with van der Waals surface area (Å²) in [5.41, 5.74) is 0. The molecule has 0 aromatic carbocycles. The lowest BCUT2D eigenvalue weighted by Crippen LogP contribution is -2.46. The molecule has 0 N–H and O–H groups in total. The number of hydrogen-bond donors (Lipinski definition) is 0. The van der Waals surface area contributed by atoms with E-state index in [4.69, 9.17) is 4.42 Å². The van der Waals surface area contributed by atoms with Crippen molar-refractivity contribution in [3.8, 4) is 0 Å². The predicted molar refractivity (Wildman–Crippen MR) is 69.9 cm³/mol. The lowest BCUT2D eigenvalue weighted by atomic mass is 10.1. The first kappa shape index (κ1) is 12.6. The second kappa shape index (κ2) is 5.63. The summed E-state index contributed by atoms with van der Waals surface area (Å²) in [4.78, 5) is 14.2. The molecule has 0 unspecified atom stereocenters. The Morgan fingerprint density at radius 1 is 1.59 bits per heavy atom. The molecule has 1 aliphatic rings. The quantitative estimate of drug-likeness (QED) is 0.827. The van der Waals surface area contributed by atoms with E-state index in [-0.39, 0.29) is 5.25 Å². The second-order valence-corrected chi connectivity index (χ2v) is 5.84. The number of furan rings is 1. The Balaban J connectivity index is 1.90. The maximum atomic E-state index is 12.2. The fraction of sp³-hybridized carbons (Fsp3) is 0.615. The standard InChI is InChI=1S/C13H19NO2S/c1-10(2)14-7-3-6-12(13(14)15)17-9-11-5-4-8-16-11/h4-5,8,10,12H,3,6-7,9H2,1-2H3/t12-/m1/s1. The number of piperidine rings is 1. The molecule has 0 saturated carbocycles. The number of hydrogen-bond acceptors (Lipinski definition) is 3. The number of carbonyl (C=O) groups excluding carboxylic acids is 1. The van der Waals surface area contributed by atoms with E-state index in [1.807, 2.05) is 17.0 Å². The Bertz CT molecular complexity index is 362. The molecule has 0 radical (unpaired) electrons. The minimum absolute atomic E-state index is 0.108. The molecular weight excluding hydrogens is 234 g/mol. The lowest BCUT2D eigenvalue weighted by molar-refractivity contribution is -0.134. The van der Waals surface area contributed by atoms with Crippen molar-refractivity contribution in [2.75, 3.05) is 6.54 Å². The summed E-state index contributed by atoms with van der Waals surface area (Å²) in [6.07, 6.45) is 3.78. The van der Waals surface area contributed by atoms with Crippen molar-refractivity contribution in [1.29, 1.82) is 0 Å². The molecule has 4 heteroatoms. The third-order valence-corrected chi connectivity index (χ3v) is 4.34. The molecule has 2 heterocycles. The van der Waals surface area contributed by atoms with Crippen molar-refractivity contribution in [2.24, 2.45) is 0 Å². The van der Waals surface area contributed by atoms with Gasteiger partial charge in [-0.3, -0.25) is 4.79 Å². The van der Waals surface area contributed by atoms with E-state index in [1.165, 1.54) is 0 Å². The summed E-state index contributed by atoms with van der Waals surface area (Å²) >= 11 is 1.70. The predicted octanol–water partition coefficient (Wildman–Crippen LogP) is 2.91. The highest BCUT2D eigenvalue weighted by atomic mass is 32.2. The molecular formula is C13H19NO2S. The van der Waals surface area contributed by atoms with E-state index >= 15 is 0 Å². The van der Waals surface area contributed by atoms with Crippen molar-refractivity contribution in [3.05, 3.63) is 24.2 Å². The number of rotatable bonds is 4. The maximum absolute atomic E-state index is 12.2. The molecule has 94 valence electrons. The monoisotopic (exact) mass is 253 g/mol. The Hall–Kier alpha value is -0.900. The van der Waals surface area contributed by atoms with Crippen LogP contribution in [0.15, 0.2) is 22.8 Å². The van der Waals surface area contributed by atoms with Gasteiger partial charge in [-0.05, 0) is 38.8 Å². The van der Waals surface area contributed by atoms with Crippen LogP contribution in [0.2, 0.25) is 0 Å². The lowest BCUT2D eigenvalue weighted by Gasteiger charge is -2.34. The summed E-state index contributed by atoms with van der Waals surface area (Å²) in [5, 5.41) is 0.108. The first-order valence-corrected chi connectivity index (χ1v) is 7.18. The second-order valence-electron chi connectivity index (χ2n) is 4.65. The summed E-state index contributed by atoms with van der Waals surface area (Å²) in [5.74, 6) is 2.03. The van der Waals surface area contributed by atoms with Gasteiger partial charge in [0, 0.05) is 12.6 Å². The van der Waals surface area contributed by atoms with Gasteiger partial charge in [-0.2, -0.15) is 0 Å². The molecule has 1 saturated heterocycles. The van der Waals surface area contributed by atoms with E-state index in [0.29, 0.717) is 11.9 Å². The Labute approximate surface area is 107 Å². The third kappa shape index (κ3) is 3.06. The van der Waals surface area contributed by atoms with Crippen LogP contribution in [-0.4, -0.2) is 28.6 Å². The van der Waals surface area contributed by atoms with E-state index in [0.717, 1.165) is 30.9 Å². The molecule has 0 bridgehead atoms. The molecule has 3 nitrogen and oxygen atoms in total. The van der Waals surface area contributed by atoms with Crippen molar-refractivity contribution >= 4 is 17.7 Å². The van der Waals surface area contributed by atoms with Crippen LogP contribution in [0.1, 0.15) is 32.4 Å². The summed E-state index contributed by atoms with van der Waals surface area (Å²) in [6.45, 7) is 5.07. The molecule has 0 spiro atoms. The normalized spacial score (nSPS) is 21.2. The molecule has 1 atom stereocenters. The van der Waals surface area contributed by atoms with Crippen LogP contribution in [-0.2, 0) is 10.5 Å². The van der Waals surface area contributed by atoms with Gasteiger partial charge in [0.05, 0.1) is 17.3 Å². The zero-order valence-corrected chi connectivity index (χ0v) is 11.2. The SMILES string of the molecule is CC(C)N1CCC[C@@H](SCc2ccco2)C1=O. The van der Waals surface area contributed by atoms with Gasteiger partial charge < -0.3 is 9.32 Å². The van der Waals surface area contributed by atoms with Crippen LogP contribution in [0.25, 0.3) is 0 Å². The fourth-order valence-electron chi connectivity index (χ4n) is 2.11. The molecule has 17 heavy (non-hydrogen) atoms. The zero-order chi connectivity index (χ0) is 12.3. The zero-order valence-electron chi connectivity index (χ0n) is 10.4. The number of nitrogens with zero attached hydrogens (tertiary/aromatic N) is 1. The number of carbonyl (C=O) groups is 1. The topological polar surface area (TPSA) is 33.5 Å². The van der Waals surface area contributed by atoms with Crippen molar-refractivity contribution in [1.82, 2.24) is 4.90 Å². The summed E-state index contributed by atoms with van der Waals surface area (Å²) in [7, 11) is 0. The first-order valence-electron chi connectivity index (χ1n) is 6.13. The fourth-order valence-corrected chi connectivity index (χ4v) is 3.25. The average molecular weight is 253 g/mol. The minimum Gasteiger partial charge on any atom is -0.468 e. The maximum Gasteiger partial charge on any atom is 0.235 e. The summed E-state index contributed by atoms with van der Waals surface area (Å²) in [6, 6.07) is 4.16. The number of thioether (sulfide) groups is 1. The van der Waals surface area contributed by atoms with E-state index in [2.05, 4.69) is 13.8 Å². The molecule has 1 aromatic heterocycles. The highest BCUT2D eigenvalue weighted by Gasteiger charge is 2.30. The largest absolute Gasteiger partial charge is 0.468 e. The van der Waals surface area contributed by atoms with Crippen molar-refractivity contribution in [2.45, 2.75) is 43.7 Å². The molecule has 2 rings (SSSR count). The van der Waals surface area contributed by atoms with Gasteiger partial charge in [0.25, 0.3) is 0 Å². The van der Waals surface area contributed by atoms with Crippen LogP contribution in [0.4, 0.5) is 0 Å². The van der Waals surface area contributed by atoms with Crippen LogP contribution in [0.5, 0.6) is 0 Å². The Kier molecular flexibility index (Phi) is 4.15. The Morgan fingerprint density at radius 2 is 2.41 bits per heavy atom. The highest BCUT2D eigenvalue weighted by Crippen LogP contribution is 2.27. The van der Waals surface area contributed by atoms with Crippen molar-refractivity contribution < 1.29 is 9.21 Å². The summed E-state index contributed by atoms with van der Waals surface area (Å²) < 4.78 is 5.29. The van der Waals surface area contributed by atoms with Gasteiger partial charge >= 0.3 is 0 Å². The molecule has 1 amide bonds. The molecule has 1 fully saturated rings. The van der Waals surface area contributed by atoms with Crippen LogP contribution >= 0.6 is 11.8 Å². The smallest absolute Gasteiger partial charge is 0.235 e. The van der Waals surface area contributed by atoms with Gasteiger partial charge in [0.15, 0.2) is 0 Å². The van der Waals surface area contributed by atoms with Gasteiger partial charge in [-0.15, -0.1) is 11.8 Å². The minimum atomic E-state index is 0.108. The van der Waals surface area contributed by atoms with Crippen LogP contribution in [0.3, 0.4) is 0 Å². The Morgan fingerprint density at radius 3 is 3.06 bits per heavy atom.